The van der Waals surface area contributed by atoms with Crippen molar-refractivity contribution in [3.63, 3.8) is 0 Å². The van der Waals surface area contributed by atoms with Crippen LogP contribution in [0.5, 0.6) is 0 Å². The summed E-state index contributed by atoms with van der Waals surface area (Å²) in [6.45, 7) is 9.02. The maximum absolute atomic E-state index is 13.9. The molecule has 1 unspecified atom stereocenters. The molecule has 9 nitrogen and oxygen atoms in total. The largest absolute Gasteiger partial charge is 0.313 e. The van der Waals surface area contributed by atoms with Crippen molar-refractivity contribution in [1.29, 1.82) is 0 Å². The number of fused-ring (bicyclic) bond motifs is 1. The quantitative estimate of drug-likeness (QED) is 0.290. The minimum atomic E-state index is -3.63. The lowest BCUT2D eigenvalue weighted by Gasteiger charge is -2.30. The molecule has 4 aromatic rings. The highest BCUT2D eigenvalue weighted by molar-refractivity contribution is 7.89. The van der Waals surface area contributed by atoms with E-state index in [0.29, 0.717) is 48.1 Å². The molecule has 2 aliphatic heterocycles. The number of aromatic nitrogens is 2. The zero-order valence-electron chi connectivity index (χ0n) is 25.2. The lowest BCUT2D eigenvalue weighted by Crippen LogP contribution is -2.39. The number of rotatable bonds is 7. The summed E-state index contributed by atoms with van der Waals surface area (Å²) < 4.78 is 29.4. The highest BCUT2D eigenvalue weighted by Crippen LogP contribution is 2.38. The van der Waals surface area contributed by atoms with Gasteiger partial charge in [0.1, 0.15) is 5.00 Å². The van der Waals surface area contributed by atoms with Crippen LogP contribution in [0.15, 0.2) is 65.6 Å². The fourth-order valence-electron chi connectivity index (χ4n) is 6.15. The van der Waals surface area contributed by atoms with Crippen LogP contribution in [0.4, 0.5) is 5.00 Å². The molecule has 1 N–H and O–H groups in total. The minimum Gasteiger partial charge on any atom is -0.313 e. The molecule has 2 aliphatic rings. The molecule has 0 spiro atoms. The smallest absolute Gasteiger partial charge is 0.281 e. The second-order valence-electron chi connectivity index (χ2n) is 11.9. The summed E-state index contributed by atoms with van der Waals surface area (Å²) >= 11 is 1.42. The minimum absolute atomic E-state index is 0.175. The normalized spacial score (nSPS) is 17.8. The van der Waals surface area contributed by atoms with E-state index < -0.39 is 15.9 Å². The summed E-state index contributed by atoms with van der Waals surface area (Å²) in [5.74, 6) is -0.350. The van der Waals surface area contributed by atoms with Gasteiger partial charge in [-0.3, -0.25) is 14.5 Å². The zero-order chi connectivity index (χ0) is 31.0. The van der Waals surface area contributed by atoms with Crippen LogP contribution >= 0.6 is 11.3 Å². The number of benzene rings is 2. The zero-order valence-corrected chi connectivity index (χ0v) is 26.9. The first-order valence-electron chi connectivity index (χ1n) is 15.0. The average Bonchev–Trinajstić information content (AvgIpc) is 3.54. The number of hydrogen-bond acceptors (Lipinski definition) is 7. The van der Waals surface area contributed by atoms with Crippen LogP contribution in [-0.4, -0.2) is 58.9 Å². The van der Waals surface area contributed by atoms with Gasteiger partial charge in [-0.2, -0.15) is 9.40 Å². The predicted molar refractivity (Wildman–Crippen MR) is 172 cm³/mol. The number of thiophene rings is 1. The Kier molecular flexibility index (Phi) is 8.56. The maximum Gasteiger partial charge on any atom is 0.281 e. The van der Waals surface area contributed by atoms with Crippen molar-refractivity contribution in [2.75, 3.05) is 25.0 Å². The van der Waals surface area contributed by atoms with Crippen LogP contribution in [0.2, 0.25) is 0 Å². The lowest BCUT2D eigenvalue weighted by molar-refractivity contribution is 0.0942. The van der Waals surface area contributed by atoms with Crippen molar-refractivity contribution in [3.8, 4) is 0 Å². The van der Waals surface area contributed by atoms with E-state index in [1.807, 2.05) is 38.1 Å². The topological polar surface area (TPSA) is 105 Å². The SMILES string of the molecule is Cc1cc(C)n(C(=O)c2c(NC(=O)c3ccc(S(=O)(=O)N4CCCC(C)C4)cc3)sc3c2CCN(Cc2ccccc2)C3)n1. The van der Waals surface area contributed by atoms with Gasteiger partial charge in [0, 0.05) is 48.9 Å². The number of carbonyl (C=O) groups is 2. The molecule has 11 heteroatoms. The van der Waals surface area contributed by atoms with E-state index in [4.69, 9.17) is 0 Å². The van der Waals surface area contributed by atoms with E-state index >= 15 is 0 Å². The van der Waals surface area contributed by atoms with Gasteiger partial charge in [-0.15, -0.1) is 11.3 Å². The Balaban J connectivity index is 1.27. The molecule has 4 heterocycles. The molecule has 230 valence electrons. The maximum atomic E-state index is 13.9. The van der Waals surface area contributed by atoms with E-state index in [9.17, 15) is 18.0 Å². The Hall–Kier alpha value is -3.64. The molecule has 0 bridgehead atoms. The summed E-state index contributed by atoms with van der Waals surface area (Å²) in [5.41, 5.74) is 4.43. The van der Waals surface area contributed by atoms with E-state index in [-0.39, 0.29) is 10.8 Å². The first-order chi connectivity index (χ1) is 21.1. The summed E-state index contributed by atoms with van der Waals surface area (Å²) in [4.78, 5) is 31.0. The van der Waals surface area contributed by atoms with Gasteiger partial charge in [0.05, 0.1) is 16.2 Å². The summed E-state index contributed by atoms with van der Waals surface area (Å²) in [6, 6.07) is 18.2. The van der Waals surface area contributed by atoms with Crippen molar-refractivity contribution >= 4 is 38.2 Å². The fraction of sp³-hybridized carbons (Fsp3) is 0.364. The van der Waals surface area contributed by atoms with Gasteiger partial charge in [-0.05, 0) is 80.5 Å². The van der Waals surface area contributed by atoms with E-state index in [2.05, 4.69) is 34.4 Å². The standard InChI is InChI=1S/C33H37N5O4S2/c1-22-8-7-16-37(19-22)44(41,42)27-13-11-26(12-14-27)31(39)34-32-30(33(40)38-24(3)18-23(2)35-38)28-15-17-36(21-29(28)43-32)20-25-9-5-4-6-10-25/h4-6,9-14,18,22H,7-8,15-17,19-21H2,1-3H3,(H,34,39). The van der Waals surface area contributed by atoms with E-state index in [1.54, 1.807) is 0 Å². The first-order valence-corrected chi connectivity index (χ1v) is 17.3. The van der Waals surface area contributed by atoms with Gasteiger partial charge in [-0.1, -0.05) is 37.3 Å². The Morgan fingerprint density at radius 1 is 1.05 bits per heavy atom. The van der Waals surface area contributed by atoms with Crippen molar-refractivity contribution < 1.29 is 18.0 Å². The second kappa shape index (κ2) is 12.4. The molecular weight excluding hydrogens is 595 g/mol. The van der Waals surface area contributed by atoms with Crippen LogP contribution in [-0.2, 0) is 29.5 Å². The van der Waals surface area contributed by atoms with Crippen molar-refractivity contribution in [2.24, 2.45) is 5.92 Å². The molecular formula is C33H37N5O4S2. The first kappa shape index (κ1) is 30.4. The molecule has 6 rings (SSSR count). The second-order valence-corrected chi connectivity index (χ2v) is 14.9. The average molecular weight is 632 g/mol. The monoisotopic (exact) mass is 631 g/mol. The van der Waals surface area contributed by atoms with Gasteiger partial charge in [-0.25, -0.2) is 13.1 Å². The fourth-order valence-corrected chi connectivity index (χ4v) is 9.03. The molecule has 2 aromatic carbocycles. The number of hydrogen-bond donors (Lipinski definition) is 1. The molecule has 44 heavy (non-hydrogen) atoms. The molecule has 1 fully saturated rings. The third-order valence-corrected chi connectivity index (χ3v) is 11.4. The molecule has 1 atom stereocenters. The van der Waals surface area contributed by atoms with E-state index in [0.717, 1.165) is 47.8 Å². The summed E-state index contributed by atoms with van der Waals surface area (Å²) in [7, 11) is -3.63. The van der Waals surface area contributed by atoms with Gasteiger partial charge in [0.15, 0.2) is 0 Å². The van der Waals surface area contributed by atoms with Crippen LogP contribution in [0.25, 0.3) is 0 Å². The number of carbonyl (C=O) groups excluding carboxylic acids is 2. The van der Waals surface area contributed by atoms with Gasteiger partial charge in [0.25, 0.3) is 11.8 Å². The number of nitrogens with one attached hydrogen (secondary N) is 1. The predicted octanol–water partition coefficient (Wildman–Crippen LogP) is 5.48. The number of piperidine rings is 1. The van der Waals surface area contributed by atoms with Gasteiger partial charge < -0.3 is 5.32 Å². The molecule has 0 aliphatic carbocycles. The summed E-state index contributed by atoms with van der Waals surface area (Å²) in [5, 5.41) is 7.90. The van der Waals surface area contributed by atoms with Crippen molar-refractivity contribution in [3.05, 3.63) is 99.2 Å². The lowest BCUT2D eigenvalue weighted by atomic mass is 10.0. The number of aryl methyl sites for hydroxylation is 2. The van der Waals surface area contributed by atoms with Crippen molar-refractivity contribution in [2.45, 2.75) is 58.0 Å². The Morgan fingerprint density at radius 2 is 1.80 bits per heavy atom. The Morgan fingerprint density at radius 3 is 2.48 bits per heavy atom. The van der Waals surface area contributed by atoms with Crippen LogP contribution in [0, 0.1) is 19.8 Å². The van der Waals surface area contributed by atoms with E-state index in [1.165, 1.54) is 50.2 Å². The third-order valence-electron chi connectivity index (χ3n) is 8.40. The van der Waals surface area contributed by atoms with Crippen LogP contribution in [0.3, 0.4) is 0 Å². The Labute approximate surface area is 262 Å². The van der Waals surface area contributed by atoms with Crippen LogP contribution in [0.1, 0.15) is 67.9 Å². The molecule has 1 amide bonds. The highest BCUT2D eigenvalue weighted by atomic mass is 32.2. The number of nitrogens with zero attached hydrogens (tertiary/aromatic N) is 4. The van der Waals surface area contributed by atoms with Gasteiger partial charge >= 0.3 is 0 Å². The molecule has 2 aromatic heterocycles. The Bertz CT molecular complexity index is 1800. The number of sulfonamides is 1. The van der Waals surface area contributed by atoms with Crippen LogP contribution < -0.4 is 5.32 Å². The molecule has 0 saturated carbocycles. The molecule has 1 saturated heterocycles. The number of amides is 1. The molecule has 0 radical (unpaired) electrons. The third kappa shape index (κ3) is 6.14. The van der Waals surface area contributed by atoms with Crippen molar-refractivity contribution in [1.82, 2.24) is 19.0 Å². The highest BCUT2D eigenvalue weighted by Gasteiger charge is 2.32. The summed E-state index contributed by atoms with van der Waals surface area (Å²) in [6.07, 6.45) is 2.54. The van der Waals surface area contributed by atoms with Gasteiger partial charge in [0.2, 0.25) is 10.0 Å². The number of anilines is 1.